The lowest BCUT2D eigenvalue weighted by Crippen LogP contribution is -2.03. The first-order valence-electron chi connectivity index (χ1n) is 8.47. The second kappa shape index (κ2) is 11.4. The van der Waals surface area contributed by atoms with Crippen LogP contribution in [0, 0.1) is 6.92 Å². The molecule has 0 aliphatic carbocycles. The van der Waals surface area contributed by atoms with Gasteiger partial charge in [0.1, 0.15) is 11.5 Å². The minimum Gasteiger partial charge on any atom is -0.493 e. The van der Waals surface area contributed by atoms with Crippen molar-refractivity contribution in [3.05, 3.63) is 28.3 Å². The van der Waals surface area contributed by atoms with E-state index in [4.69, 9.17) is 9.15 Å². The van der Waals surface area contributed by atoms with E-state index in [1.54, 1.807) is 13.0 Å². The van der Waals surface area contributed by atoms with Gasteiger partial charge in [-0.05, 0) is 13.3 Å². The molecular weight excluding hydrogens is 264 g/mol. The molecule has 120 valence electrons. The van der Waals surface area contributed by atoms with Crippen molar-refractivity contribution in [2.24, 2.45) is 0 Å². The Bertz CT molecular complexity index is 423. The van der Waals surface area contributed by atoms with Crippen molar-refractivity contribution in [2.75, 3.05) is 6.61 Å². The molecule has 0 bridgehead atoms. The Balaban J connectivity index is 1.94. The third kappa shape index (κ3) is 9.33. The molecule has 1 heterocycles. The molecule has 0 spiro atoms. The zero-order valence-corrected chi connectivity index (χ0v) is 13.7. The van der Waals surface area contributed by atoms with Crippen LogP contribution in [-0.2, 0) is 0 Å². The Morgan fingerprint density at radius 2 is 1.48 bits per heavy atom. The smallest absolute Gasteiger partial charge is 0.339 e. The molecule has 3 heteroatoms. The number of hydrogen-bond acceptors (Lipinski definition) is 3. The van der Waals surface area contributed by atoms with Crippen LogP contribution in [0.5, 0.6) is 5.75 Å². The molecule has 0 aliphatic heterocycles. The molecular formula is C18H30O3. The van der Waals surface area contributed by atoms with E-state index in [0.29, 0.717) is 18.1 Å². The van der Waals surface area contributed by atoms with Gasteiger partial charge in [0.05, 0.1) is 12.7 Å². The summed E-state index contributed by atoms with van der Waals surface area (Å²) in [5.74, 6) is 1.22. The fraction of sp³-hybridized carbons (Fsp3) is 0.722. The van der Waals surface area contributed by atoms with Crippen molar-refractivity contribution in [1.29, 1.82) is 0 Å². The number of hydrogen-bond donors (Lipinski definition) is 0. The Morgan fingerprint density at radius 1 is 0.905 bits per heavy atom. The molecule has 0 atom stereocenters. The highest BCUT2D eigenvalue weighted by Gasteiger charge is 1.99. The van der Waals surface area contributed by atoms with Gasteiger partial charge in [0.25, 0.3) is 0 Å². The van der Waals surface area contributed by atoms with Gasteiger partial charge >= 0.3 is 5.63 Å². The number of ether oxygens (including phenoxy) is 1. The SMILES string of the molecule is CCCCCCCCCCCCOc1cc(C)oc(=O)c1. The van der Waals surface area contributed by atoms with E-state index in [1.165, 1.54) is 63.9 Å². The van der Waals surface area contributed by atoms with Gasteiger partial charge in [0.15, 0.2) is 0 Å². The maximum Gasteiger partial charge on any atom is 0.339 e. The predicted octanol–water partition coefficient (Wildman–Crippen LogP) is 5.25. The van der Waals surface area contributed by atoms with E-state index in [-0.39, 0.29) is 5.63 Å². The average molecular weight is 294 g/mol. The highest BCUT2D eigenvalue weighted by atomic mass is 16.5. The van der Waals surface area contributed by atoms with E-state index < -0.39 is 0 Å². The Hall–Kier alpha value is -1.25. The van der Waals surface area contributed by atoms with Crippen LogP contribution in [0.4, 0.5) is 0 Å². The van der Waals surface area contributed by atoms with E-state index in [1.807, 2.05) is 0 Å². The van der Waals surface area contributed by atoms with Gasteiger partial charge in [-0.1, -0.05) is 64.7 Å². The largest absolute Gasteiger partial charge is 0.493 e. The summed E-state index contributed by atoms with van der Waals surface area (Å²) >= 11 is 0. The first-order chi connectivity index (χ1) is 10.2. The normalized spacial score (nSPS) is 10.8. The highest BCUT2D eigenvalue weighted by Crippen LogP contribution is 2.12. The minimum absolute atomic E-state index is 0.340. The molecule has 21 heavy (non-hydrogen) atoms. The fourth-order valence-corrected chi connectivity index (χ4v) is 2.44. The molecule has 0 aliphatic rings. The molecule has 0 saturated heterocycles. The summed E-state index contributed by atoms with van der Waals surface area (Å²) in [7, 11) is 0. The molecule has 0 N–H and O–H groups in total. The average Bonchev–Trinajstić information content (AvgIpc) is 2.44. The minimum atomic E-state index is -0.340. The molecule has 1 rings (SSSR count). The van der Waals surface area contributed by atoms with Crippen LogP contribution >= 0.6 is 0 Å². The topological polar surface area (TPSA) is 39.4 Å². The summed E-state index contributed by atoms with van der Waals surface area (Å²) in [5, 5.41) is 0. The molecule has 0 amide bonds. The lowest BCUT2D eigenvalue weighted by atomic mass is 10.1. The maximum absolute atomic E-state index is 11.2. The quantitative estimate of drug-likeness (QED) is 0.494. The molecule has 3 nitrogen and oxygen atoms in total. The van der Waals surface area contributed by atoms with Crippen LogP contribution < -0.4 is 10.4 Å². The maximum atomic E-state index is 11.2. The first kappa shape index (κ1) is 17.8. The van der Waals surface area contributed by atoms with Gasteiger partial charge in [-0.15, -0.1) is 0 Å². The van der Waals surface area contributed by atoms with Crippen LogP contribution in [0.15, 0.2) is 21.3 Å². The van der Waals surface area contributed by atoms with E-state index in [2.05, 4.69) is 6.92 Å². The van der Waals surface area contributed by atoms with Crippen molar-refractivity contribution >= 4 is 0 Å². The van der Waals surface area contributed by atoms with Crippen LogP contribution in [0.1, 0.15) is 76.9 Å². The van der Waals surface area contributed by atoms with Gasteiger partial charge < -0.3 is 9.15 Å². The number of unbranched alkanes of at least 4 members (excludes halogenated alkanes) is 9. The van der Waals surface area contributed by atoms with Crippen molar-refractivity contribution in [2.45, 2.75) is 78.1 Å². The zero-order valence-electron chi connectivity index (χ0n) is 13.7. The molecule has 0 saturated carbocycles. The Kier molecular flexibility index (Phi) is 9.68. The predicted molar refractivity (Wildman–Crippen MR) is 87.1 cm³/mol. The monoisotopic (exact) mass is 294 g/mol. The number of aryl methyl sites for hydroxylation is 1. The molecule has 0 unspecified atom stereocenters. The van der Waals surface area contributed by atoms with Gasteiger partial charge in [-0.2, -0.15) is 0 Å². The van der Waals surface area contributed by atoms with Crippen molar-refractivity contribution in [1.82, 2.24) is 0 Å². The summed E-state index contributed by atoms with van der Waals surface area (Å²) < 4.78 is 10.5. The van der Waals surface area contributed by atoms with Crippen molar-refractivity contribution < 1.29 is 9.15 Å². The van der Waals surface area contributed by atoms with Gasteiger partial charge in [0, 0.05) is 6.07 Å². The van der Waals surface area contributed by atoms with Crippen LogP contribution in [-0.4, -0.2) is 6.61 Å². The summed E-state index contributed by atoms with van der Waals surface area (Å²) in [6.07, 6.45) is 13.1. The van der Waals surface area contributed by atoms with Crippen LogP contribution in [0.2, 0.25) is 0 Å². The molecule has 0 fully saturated rings. The van der Waals surface area contributed by atoms with Crippen LogP contribution in [0.25, 0.3) is 0 Å². The second-order valence-corrected chi connectivity index (χ2v) is 5.75. The Morgan fingerprint density at radius 3 is 2.05 bits per heavy atom. The van der Waals surface area contributed by atoms with Gasteiger partial charge in [-0.25, -0.2) is 4.79 Å². The zero-order chi connectivity index (χ0) is 15.3. The third-order valence-electron chi connectivity index (χ3n) is 3.63. The molecule has 0 radical (unpaired) electrons. The first-order valence-corrected chi connectivity index (χ1v) is 8.47. The van der Waals surface area contributed by atoms with E-state index in [9.17, 15) is 4.79 Å². The summed E-state index contributed by atoms with van der Waals surface area (Å²) in [6.45, 7) is 4.69. The second-order valence-electron chi connectivity index (χ2n) is 5.75. The third-order valence-corrected chi connectivity index (χ3v) is 3.63. The van der Waals surface area contributed by atoms with E-state index in [0.717, 1.165) is 6.42 Å². The molecule has 0 aromatic carbocycles. The van der Waals surface area contributed by atoms with Gasteiger partial charge in [0.2, 0.25) is 0 Å². The molecule has 1 aromatic rings. The van der Waals surface area contributed by atoms with Crippen LogP contribution in [0.3, 0.4) is 0 Å². The van der Waals surface area contributed by atoms with E-state index >= 15 is 0 Å². The summed E-state index contributed by atoms with van der Waals surface area (Å²) in [5.41, 5.74) is -0.340. The Labute approximate surface area is 128 Å². The van der Waals surface area contributed by atoms with Crippen molar-refractivity contribution in [3.8, 4) is 5.75 Å². The van der Waals surface area contributed by atoms with Crippen molar-refractivity contribution in [3.63, 3.8) is 0 Å². The highest BCUT2D eigenvalue weighted by molar-refractivity contribution is 5.19. The summed E-state index contributed by atoms with van der Waals surface area (Å²) in [6, 6.07) is 3.17. The van der Waals surface area contributed by atoms with Gasteiger partial charge in [-0.3, -0.25) is 0 Å². The lowest BCUT2D eigenvalue weighted by molar-refractivity contribution is 0.299. The number of rotatable bonds is 12. The summed E-state index contributed by atoms with van der Waals surface area (Å²) in [4.78, 5) is 11.2. The molecule has 1 aromatic heterocycles. The fourth-order valence-electron chi connectivity index (χ4n) is 2.44. The lowest BCUT2D eigenvalue weighted by Gasteiger charge is -2.06. The standard InChI is InChI=1S/C18H30O3/c1-3-4-5-6-7-8-9-10-11-12-13-20-17-14-16(2)21-18(19)15-17/h14-15H,3-13H2,1-2H3.